The molecule has 0 aromatic heterocycles. The fourth-order valence-electron chi connectivity index (χ4n) is 1.91. The molecule has 3 N–H and O–H groups in total. The number of hydrogen-bond donors (Lipinski definition) is 2. The molecular formula is C16H19NO3. The van der Waals surface area contributed by atoms with Crippen LogP contribution in [0.5, 0.6) is 11.5 Å². The van der Waals surface area contributed by atoms with Crippen LogP contribution in [0.4, 0.5) is 0 Å². The number of aliphatic hydroxyl groups is 1. The zero-order chi connectivity index (χ0) is 14.4. The van der Waals surface area contributed by atoms with Gasteiger partial charge in [0.1, 0.15) is 18.1 Å². The summed E-state index contributed by atoms with van der Waals surface area (Å²) in [5.41, 5.74) is 7.72. The first-order valence-electron chi connectivity index (χ1n) is 6.45. The normalized spacial score (nSPS) is 11.9. The number of nitrogens with two attached hydrogens (primary N) is 1. The second-order valence-corrected chi connectivity index (χ2v) is 4.47. The quantitative estimate of drug-likeness (QED) is 0.847. The number of methoxy groups -OCH3 is 1. The van der Waals surface area contributed by atoms with Gasteiger partial charge in [-0.05, 0) is 17.7 Å². The van der Waals surface area contributed by atoms with Crippen molar-refractivity contribution in [1.82, 2.24) is 0 Å². The van der Waals surface area contributed by atoms with Crippen LogP contribution in [0.1, 0.15) is 17.2 Å². The van der Waals surface area contributed by atoms with Gasteiger partial charge in [0, 0.05) is 11.6 Å². The SMILES string of the molecule is COc1ccc([C@@H](N)CO)c(OCc2ccccc2)c1. The molecule has 2 aromatic rings. The summed E-state index contributed by atoms with van der Waals surface area (Å²) >= 11 is 0. The van der Waals surface area contributed by atoms with Gasteiger partial charge < -0.3 is 20.3 Å². The maximum absolute atomic E-state index is 9.21. The topological polar surface area (TPSA) is 64.7 Å². The lowest BCUT2D eigenvalue weighted by Gasteiger charge is -2.16. The fourth-order valence-corrected chi connectivity index (χ4v) is 1.91. The van der Waals surface area contributed by atoms with Gasteiger partial charge in [-0.1, -0.05) is 30.3 Å². The summed E-state index contributed by atoms with van der Waals surface area (Å²) in [6, 6.07) is 14.8. The predicted octanol–water partition coefficient (Wildman–Crippen LogP) is 2.27. The minimum Gasteiger partial charge on any atom is -0.497 e. The first-order chi connectivity index (χ1) is 9.74. The number of benzene rings is 2. The van der Waals surface area contributed by atoms with Gasteiger partial charge in [-0.3, -0.25) is 0 Å². The minimum absolute atomic E-state index is 0.131. The molecule has 2 rings (SSSR count). The second-order valence-electron chi connectivity index (χ2n) is 4.47. The van der Waals surface area contributed by atoms with Crippen LogP contribution in [0.25, 0.3) is 0 Å². The van der Waals surface area contributed by atoms with Gasteiger partial charge in [0.25, 0.3) is 0 Å². The van der Waals surface area contributed by atoms with Crippen molar-refractivity contribution < 1.29 is 14.6 Å². The second kappa shape index (κ2) is 6.93. The molecule has 1 atom stereocenters. The smallest absolute Gasteiger partial charge is 0.128 e. The molecular weight excluding hydrogens is 254 g/mol. The molecule has 106 valence electrons. The molecule has 0 unspecified atom stereocenters. The van der Waals surface area contributed by atoms with E-state index in [1.165, 1.54) is 0 Å². The highest BCUT2D eigenvalue weighted by Crippen LogP contribution is 2.29. The van der Waals surface area contributed by atoms with E-state index in [9.17, 15) is 5.11 Å². The molecule has 20 heavy (non-hydrogen) atoms. The number of rotatable bonds is 6. The summed E-state index contributed by atoms with van der Waals surface area (Å²) in [5.74, 6) is 1.33. The Hall–Kier alpha value is -2.04. The molecule has 0 bridgehead atoms. The molecule has 2 aromatic carbocycles. The van der Waals surface area contributed by atoms with E-state index in [-0.39, 0.29) is 6.61 Å². The average molecular weight is 273 g/mol. The van der Waals surface area contributed by atoms with Gasteiger partial charge in [0.05, 0.1) is 19.8 Å². The van der Waals surface area contributed by atoms with Gasteiger partial charge in [0.15, 0.2) is 0 Å². The third-order valence-electron chi connectivity index (χ3n) is 3.05. The van der Waals surface area contributed by atoms with Gasteiger partial charge in [-0.2, -0.15) is 0 Å². The summed E-state index contributed by atoms with van der Waals surface area (Å²) in [6.07, 6.45) is 0. The van der Waals surface area contributed by atoms with E-state index in [1.807, 2.05) is 36.4 Å². The van der Waals surface area contributed by atoms with Crippen molar-refractivity contribution in [1.29, 1.82) is 0 Å². The van der Waals surface area contributed by atoms with Crippen LogP contribution in [0.3, 0.4) is 0 Å². The van der Waals surface area contributed by atoms with Crippen LogP contribution >= 0.6 is 0 Å². The van der Waals surface area contributed by atoms with E-state index in [0.717, 1.165) is 11.1 Å². The van der Waals surface area contributed by atoms with E-state index >= 15 is 0 Å². The van der Waals surface area contributed by atoms with Crippen molar-refractivity contribution in [3.8, 4) is 11.5 Å². The number of aliphatic hydroxyl groups excluding tert-OH is 1. The Labute approximate surface area is 118 Å². The summed E-state index contributed by atoms with van der Waals surface area (Å²) in [4.78, 5) is 0. The molecule has 4 heteroatoms. The molecule has 0 fully saturated rings. The average Bonchev–Trinajstić information content (AvgIpc) is 2.52. The maximum atomic E-state index is 9.21. The van der Waals surface area contributed by atoms with E-state index in [0.29, 0.717) is 18.1 Å². The summed E-state index contributed by atoms with van der Waals surface area (Å²) < 4.78 is 11.0. The van der Waals surface area contributed by atoms with Crippen molar-refractivity contribution >= 4 is 0 Å². The Morgan fingerprint density at radius 1 is 1.15 bits per heavy atom. The largest absolute Gasteiger partial charge is 0.497 e. The Balaban J connectivity index is 2.19. The standard InChI is InChI=1S/C16H19NO3/c1-19-13-7-8-14(15(17)10-18)16(9-13)20-11-12-5-3-2-4-6-12/h2-9,15,18H,10-11,17H2,1H3/t15-/m0/s1. The molecule has 0 spiro atoms. The van der Waals surface area contributed by atoms with Crippen LogP contribution in [0, 0.1) is 0 Å². The van der Waals surface area contributed by atoms with E-state index < -0.39 is 6.04 Å². The van der Waals surface area contributed by atoms with E-state index in [4.69, 9.17) is 15.2 Å². The van der Waals surface area contributed by atoms with E-state index in [2.05, 4.69) is 0 Å². The van der Waals surface area contributed by atoms with Crippen LogP contribution in [-0.4, -0.2) is 18.8 Å². The van der Waals surface area contributed by atoms with Crippen molar-refractivity contribution in [3.63, 3.8) is 0 Å². The Bertz CT molecular complexity index is 543. The molecule has 4 nitrogen and oxygen atoms in total. The van der Waals surface area contributed by atoms with Crippen LogP contribution in [0.15, 0.2) is 48.5 Å². The van der Waals surface area contributed by atoms with Crippen LogP contribution in [-0.2, 0) is 6.61 Å². The van der Waals surface area contributed by atoms with Crippen molar-refractivity contribution in [2.45, 2.75) is 12.6 Å². The lowest BCUT2D eigenvalue weighted by Crippen LogP contribution is -2.16. The summed E-state index contributed by atoms with van der Waals surface area (Å²) in [5, 5.41) is 9.21. The van der Waals surface area contributed by atoms with Crippen molar-refractivity contribution in [2.75, 3.05) is 13.7 Å². The monoisotopic (exact) mass is 273 g/mol. The molecule has 0 aliphatic rings. The summed E-state index contributed by atoms with van der Waals surface area (Å²) in [7, 11) is 1.60. The van der Waals surface area contributed by atoms with Gasteiger partial charge in [-0.15, -0.1) is 0 Å². The van der Waals surface area contributed by atoms with Gasteiger partial charge in [0.2, 0.25) is 0 Å². The third-order valence-corrected chi connectivity index (χ3v) is 3.05. The minimum atomic E-state index is -0.466. The number of ether oxygens (including phenoxy) is 2. The first kappa shape index (κ1) is 14.4. The number of hydrogen-bond acceptors (Lipinski definition) is 4. The van der Waals surface area contributed by atoms with E-state index in [1.54, 1.807) is 19.2 Å². The fraction of sp³-hybridized carbons (Fsp3) is 0.250. The summed E-state index contributed by atoms with van der Waals surface area (Å²) in [6.45, 7) is 0.313. The molecule has 0 aliphatic heterocycles. The first-order valence-corrected chi connectivity index (χ1v) is 6.45. The highest BCUT2D eigenvalue weighted by atomic mass is 16.5. The molecule has 0 heterocycles. The van der Waals surface area contributed by atoms with Crippen LogP contribution < -0.4 is 15.2 Å². The lowest BCUT2D eigenvalue weighted by atomic mass is 10.1. The Kier molecular flexibility index (Phi) is 4.98. The molecule has 0 saturated heterocycles. The van der Waals surface area contributed by atoms with Gasteiger partial charge in [-0.25, -0.2) is 0 Å². The highest BCUT2D eigenvalue weighted by Gasteiger charge is 2.12. The van der Waals surface area contributed by atoms with Crippen molar-refractivity contribution in [2.24, 2.45) is 5.73 Å². The molecule has 0 saturated carbocycles. The zero-order valence-electron chi connectivity index (χ0n) is 11.5. The molecule has 0 amide bonds. The predicted molar refractivity (Wildman–Crippen MR) is 77.8 cm³/mol. The lowest BCUT2D eigenvalue weighted by molar-refractivity contribution is 0.257. The van der Waals surface area contributed by atoms with Crippen molar-refractivity contribution in [3.05, 3.63) is 59.7 Å². The maximum Gasteiger partial charge on any atom is 0.128 e. The Morgan fingerprint density at radius 3 is 2.55 bits per heavy atom. The zero-order valence-corrected chi connectivity index (χ0v) is 11.5. The van der Waals surface area contributed by atoms with Crippen LogP contribution in [0.2, 0.25) is 0 Å². The van der Waals surface area contributed by atoms with Gasteiger partial charge >= 0.3 is 0 Å². The molecule has 0 radical (unpaired) electrons. The molecule has 0 aliphatic carbocycles. The Morgan fingerprint density at radius 2 is 1.90 bits per heavy atom. The third kappa shape index (κ3) is 3.50. The highest BCUT2D eigenvalue weighted by molar-refractivity contribution is 5.42.